The Bertz CT molecular complexity index is 501. The van der Waals surface area contributed by atoms with Crippen molar-refractivity contribution in [2.75, 3.05) is 12.8 Å². The van der Waals surface area contributed by atoms with Crippen molar-refractivity contribution in [1.29, 1.82) is 0 Å². The van der Waals surface area contributed by atoms with Crippen LogP contribution in [0.4, 0.5) is 0 Å². The second-order valence-corrected chi connectivity index (χ2v) is 7.57. The van der Waals surface area contributed by atoms with E-state index >= 15 is 0 Å². The van der Waals surface area contributed by atoms with Gasteiger partial charge in [-0.1, -0.05) is 46.3 Å². The first kappa shape index (κ1) is 15.2. The maximum Gasteiger partial charge on any atom is 0.238 e. The van der Waals surface area contributed by atoms with Gasteiger partial charge >= 0.3 is 0 Å². The Morgan fingerprint density at radius 2 is 1.89 bits per heavy atom. The highest BCUT2D eigenvalue weighted by atomic mass is 79.9. The van der Waals surface area contributed by atoms with Gasteiger partial charge in [0.15, 0.2) is 9.84 Å². The average Bonchev–Trinajstić information content (AvgIpc) is 2.34. The first-order chi connectivity index (χ1) is 8.32. The van der Waals surface area contributed by atoms with E-state index < -0.39 is 21.0 Å². The molecule has 1 amide bonds. The van der Waals surface area contributed by atoms with Gasteiger partial charge in [-0.3, -0.25) is 4.79 Å². The first-order valence-corrected chi connectivity index (χ1v) is 8.35. The molecule has 100 valence electrons. The van der Waals surface area contributed by atoms with E-state index in [2.05, 4.69) is 21.2 Å². The lowest BCUT2D eigenvalue weighted by molar-refractivity contribution is -0.120. The fraction of sp³-hybridized carbons (Fsp3) is 0.417. The molecular formula is C12H16BrNO3S. The molecule has 2 unspecified atom stereocenters. The highest BCUT2D eigenvalue weighted by Crippen LogP contribution is 2.21. The summed E-state index contributed by atoms with van der Waals surface area (Å²) >= 11 is 3.45. The number of hydrogen-bond donors (Lipinski definition) is 1. The largest absolute Gasteiger partial charge is 0.354 e. The molecule has 0 bridgehead atoms. The van der Waals surface area contributed by atoms with Gasteiger partial charge in [-0.2, -0.15) is 0 Å². The molecule has 1 rings (SSSR count). The normalized spacial score (nSPS) is 14.8. The van der Waals surface area contributed by atoms with Gasteiger partial charge in [0.05, 0.1) is 4.83 Å². The molecule has 0 saturated carbocycles. The van der Waals surface area contributed by atoms with Crippen molar-refractivity contribution in [2.24, 2.45) is 0 Å². The summed E-state index contributed by atoms with van der Waals surface area (Å²) < 4.78 is 22.4. The number of halogens is 1. The minimum Gasteiger partial charge on any atom is -0.354 e. The Balaban J connectivity index is 2.54. The van der Waals surface area contributed by atoms with Gasteiger partial charge in [-0.15, -0.1) is 0 Å². The molecule has 1 aromatic carbocycles. The predicted molar refractivity (Wildman–Crippen MR) is 75.4 cm³/mol. The fourth-order valence-corrected chi connectivity index (χ4v) is 2.25. The van der Waals surface area contributed by atoms with Gasteiger partial charge in [0.2, 0.25) is 5.91 Å². The molecule has 0 aliphatic heterocycles. The molecule has 0 aromatic heterocycles. The topological polar surface area (TPSA) is 63.2 Å². The Morgan fingerprint density at radius 1 is 1.33 bits per heavy atom. The molecule has 18 heavy (non-hydrogen) atoms. The van der Waals surface area contributed by atoms with E-state index in [1.165, 1.54) is 6.92 Å². The van der Waals surface area contributed by atoms with Gasteiger partial charge in [0.1, 0.15) is 5.25 Å². The second-order valence-electron chi connectivity index (χ2n) is 4.10. The van der Waals surface area contributed by atoms with E-state index in [4.69, 9.17) is 0 Å². The smallest absolute Gasteiger partial charge is 0.238 e. The molecule has 0 radical (unpaired) electrons. The van der Waals surface area contributed by atoms with Crippen molar-refractivity contribution >= 4 is 31.7 Å². The van der Waals surface area contributed by atoms with Gasteiger partial charge in [-0.05, 0) is 12.5 Å². The summed E-state index contributed by atoms with van der Waals surface area (Å²) in [5.74, 6) is -0.474. The van der Waals surface area contributed by atoms with Crippen molar-refractivity contribution in [3.63, 3.8) is 0 Å². The minimum atomic E-state index is -3.34. The van der Waals surface area contributed by atoms with Crippen molar-refractivity contribution in [2.45, 2.75) is 17.0 Å². The monoisotopic (exact) mass is 333 g/mol. The fourth-order valence-electron chi connectivity index (χ4n) is 1.31. The van der Waals surface area contributed by atoms with Gasteiger partial charge < -0.3 is 5.32 Å². The summed E-state index contributed by atoms with van der Waals surface area (Å²) in [5, 5.41) is 1.60. The van der Waals surface area contributed by atoms with E-state index in [1.807, 2.05) is 30.3 Å². The van der Waals surface area contributed by atoms with E-state index in [0.29, 0.717) is 6.54 Å². The van der Waals surface area contributed by atoms with Crippen LogP contribution in [0, 0.1) is 0 Å². The van der Waals surface area contributed by atoms with E-state index in [0.717, 1.165) is 11.8 Å². The lowest BCUT2D eigenvalue weighted by Crippen LogP contribution is -2.38. The molecule has 6 heteroatoms. The maximum absolute atomic E-state index is 11.6. The number of nitrogens with one attached hydrogen (secondary N) is 1. The van der Waals surface area contributed by atoms with Crippen molar-refractivity contribution in [3.05, 3.63) is 35.9 Å². The summed E-state index contributed by atoms with van der Waals surface area (Å²) in [7, 11) is -3.34. The number of rotatable bonds is 5. The molecule has 0 saturated heterocycles. The summed E-state index contributed by atoms with van der Waals surface area (Å²) in [6.07, 6.45) is 1.06. The van der Waals surface area contributed by atoms with E-state index in [1.54, 1.807) is 0 Å². The molecule has 0 aliphatic rings. The zero-order valence-corrected chi connectivity index (χ0v) is 12.7. The first-order valence-electron chi connectivity index (χ1n) is 5.48. The summed E-state index contributed by atoms with van der Waals surface area (Å²) in [6.45, 7) is 1.74. The molecular weight excluding hydrogens is 318 g/mol. The quantitative estimate of drug-likeness (QED) is 0.833. The third-order valence-electron chi connectivity index (χ3n) is 2.63. The van der Waals surface area contributed by atoms with Crippen LogP contribution in [0.25, 0.3) is 0 Å². The van der Waals surface area contributed by atoms with Crippen LogP contribution < -0.4 is 5.32 Å². The average molecular weight is 334 g/mol. The number of carbonyl (C=O) groups excluding carboxylic acids is 1. The highest BCUT2D eigenvalue weighted by Gasteiger charge is 2.23. The Kier molecular flexibility index (Phi) is 5.34. The third kappa shape index (κ3) is 4.42. The van der Waals surface area contributed by atoms with Crippen LogP contribution in [0.1, 0.15) is 17.3 Å². The van der Waals surface area contributed by atoms with Crippen LogP contribution in [0.3, 0.4) is 0 Å². The maximum atomic E-state index is 11.6. The molecule has 1 N–H and O–H groups in total. The molecule has 0 spiro atoms. The zero-order chi connectivity index (χ0) is 13.8. The van der Waals surface area contributed by atoms with Gasteiger partial charge in [-0.25, -0.2) is 8.42 Å². The van der Waals surface area contributed by atoms with Crippen LogP contribution in [-0.2, 0) is 14.6 Å². The third-order valence-corrected chi connectivity index (χ3v) is 4.98. The SMILES string of the molecule is CC(C(=O)NCC(Br)c1ccccc1)S(C)(=O)=O. The minimum absolute atomic E-state index is 0.0330. The molecule has 0 fully saturated rings. The standard InChI is InChI=1S/C12H16BrNO3S/c1-9(18(2,16)17)12(15)14-8-11(13)10-6-4-3-5-7-10/h3-7,9,11H,8H2,1-2H3,(H,14,15). The molecule has 0 heterocycles. The van der Waals surface area contributed by atoms with E-state index in [9.17, 15) is 13.2 Å². The van der Waals surface area contributed by atoms with E-state index in [-0.39, 0.29) is 4.83 Å². The second kappa shape index (κ2) is 6.33. The van der Waals surface area contributed by atoms with Gasteiger partial charge in [0, 0.05) is 12.8 Å². The van der Waals surface area contributed by atoms with Crippen LogP contribution in [0.5, 0.6) is 0 Å². The Labute approximate surface area is 116 Å². The Morgan fingerprint density at radius 3 is 2.39 bits per heavy atom. The van der Waals surface area contributed by atoms with Crippen LogP contribution in [-0.4, -0.2) is 32.4 Å². The molecule has 4 nitrogen and oxygen atoms in total. The molecule has 2 atom stereocenters. The van der Waals surface area contributed by atoms with Crippen LogP contribution in [0.15, 0.2) is 30.3 Å². The summed E-state index contributed by atoms with van der Waals surface area (Å²) in [5.41, 5.74) is 1.03. The number of hydrogen-bond acceptors (Lipinski definition) is 3. The molecule has 0 aliphatic carbocycles. The molecule has 1 aromatic rings. The zero-order valence-electron chi connectivity index (χ0n) is 10.3. The van der Waals surface area contributed by atoms with Gasteiger partial charge in [0.25, 0.3) is 0 Å². The number of carbonyl (C=O) groups is 1. The number of amides is 1. The number of alkyl halides is 1. The van der Waals surface area contributed by atoms with Crippen molar-refractivity contribution in [3.8, 4) is 0 Å². The Hall–Kier alpha value is -0.880. The lowest BCUT2D eigenvalue weighted by Gasteiger charge is -2.14. The number of sulfone groups is 1. The summed E-state index contributed by atoms with van der Waals surface area (Å²) in [6, 6.07) is 9.60. The van der Waals surface area contributed by atoms with Crippen LogP contribution in [0.2, 0.25) is 0 Å². The van der Waals surface area contributed by atoms with Crippen molar-refractivity contribution in [1.82, 2.24) is 5.32 Å². The van der Waals surface area contributed by atoms with Crippen molar-refractivity contribution < 1.29 is 13.2 Å². The van der Waals surface area contributed by atoms with Crippen LogP contribution >= 0.6 is 15.9 Å². The predicted octanol–water partition coefficient (Wildman–Crippen LogP) is 1.67. The summed E-state index contributed by atoms with van der Waals surface area (Å²) in [4.78, 5) is 11.6. The highest BCUT2D eigenvalue weighted by molar-refractivity contribution is 9.09. The lowest BCUT2D eigenvalue weighted by atomic mass is 10.1. The number of benzene rings is 1.